The van der Waals surface area contributed by atoms with Gasteiger partial charge in [-0.1, -0.05) is 6.92 Å². The molecular weight excluding hydrogens is 204 g/mol. The molecule has 1 amide bonds. The third-order valence-electron chi connectivity index (χ3n) is 2.72. The average Bonchev–Trinajstić information content (AvgIpc) is 2.59. The van der Waals surface area contributed by atoms with Crippen LogP contribution >= 0.6 is 0 Å². The molecule has 1 atom stereocenters. The Morgan fingerprint density at radius 1 is 1.50 bits per heavy atom. The number of carbonyl (C=O) groups is 1. The van der Waals surface area contributed by atoms with Gasteiger partial charge in [-0.2, -0.15) is 0 Å². The van der Waals surface area contributed by atoms with E-state index in [9.17, 15) is 4.79 Å². The van der Waals surface area contributed by atoms with E-state index in [-0.39, 0.29) is 5.91 Å². The lowest BCUT2D eigenvalue weighted by Gasteiger charge is -2.15. The van der Waals surface area contributed by atoms with Gasteiger partial charge in [0.05, 0.1) is 24.6 Å². The summed E-state index contributed by atoms with van der Waals surface area (Å²) in [4.78, 5) is 21.8. The lowest BCUT2D eigenvalue weighted by molar-refractivity contribution is -0.128. The Morgan fingerprint density at radius 2 is 2.31 bits per heavy atom. The number of rotatable bonds is 3. The fourth-order valence-electron chi connectivity index (χ4n) is 1.88. The Balaban J connectivity index is 2.01. The molecule has 5 nitrogen and oxygen atoms in total. The SMILES string of the molecule is CNc1cnc(CN2CC(C)CC2=O)cn1. The van der Waals surface area contributed by atoms with Crippen molar-refractivity contribution in [3.63, 3.8) is 0 Å². The molecule has 1 aliphatic rings. The summed E-state index contributed by atoms with van der Waals surface area (Å²) in [6.45, 7) is 3.49. The van der Waals surface area contributed by atoms with Crippen molar-refractivity contribution in [2.75, 3.05) is 18.9 Å². The Labute approximate surface area is 94.9 Å². The van der Waals surface area contributed by atoms with E-state index in [1.807, 2.05) is 4.90 Å². The van der Waals surface area contributed by atoms with Crippen LogP contribution in [-0.2, 0) is 11.3 Å². The van der Waals surface area contributed by atoms with Gasteiger partial charge in [-0.15, -0.1) is 0 Å². The molecule has 0 aromatic carbocycles. The molecule has 16 heavy (non-hydrogen) atoms. The van der Waals surface area contributed by atoms with Crippen LogP contribution in [0.1, 0.15) is 19.0 Å². The second-order valence-corrected chi connectivity index (χ2v) is 4.23. The van der Waals surface area contributed by atoms with Crippen LogP contribution in [0.4, 0.5) is 5.82 Å². The van der Waals surface area contributed by atoms with Crippen LogP contribution in [0.3, 0.4) is 0 Å². The third kappa shape index (κ3) is 2.29. The first-order chi connectivity index (χ1) is 7.69. The highest BCUT2D eigenvalue weighted by atomic mass is 16.2. The highest BCUT2D eigenvalue weighted by Gasteiger charge is 2.26. The number of anilines is 1. The van der Waals surface area contributed by atoms with E-state index in [0.717, 1.165) is 18.1 Å². The molecule has 2 heterocycles. The molecule has 0 radical (unpaired) electrons. The summed E-state index contributed by atoms with van der Waals surface area (Å²) in [5.74, 6) is 1.41. The average molecular weight is 220 g/mol. The van der Waals surface area contributed by atoms with Crippen molar-refractivity contribution in [1.29, 1.82) is 0 Å². The van der Waals surface area contributed by atoms with Gasteiger partial charge in [0, 0.05) is 20.0 Å². The van der Waals surface area contributed by atoms with Gasteiger partial charge in [-0.05, 0) is 5.92 Å². The van der Waals surface area contributed by atoms with Gasteiger partial charge in [-0.3, -0.25) is 9.78 Å². The lowest BCUT2D eigenvalue weighted by Crippen LogP contribution is -2.25. The minimum atomic E-state index is 0.215. The van der Waals surface area contributed by atoms with Crippen LogP contribution < -0.4 is 5.32 Å². The van der Waals surface area contributed by atoms with Crippen LogP contribution in [0.15, 0.2) is 12.4 Å². The van der Waals surface area contributed by atoms with E-state index in [4.69, 9.17) is 0 Å². The van der Waals surface area contributed by atoms with E-state index in [0.29, 0.717) is 18.9 Å². The molecule has 1 aromatic heterocycles. The summed E-state index contributed by atoms with van der Waals surface area (Å²) in [5.41, 5.74) is 0.835. The molecule has 1 saturated heterocycles. The summed E-state index contributed by atoms with van der Waals surface area (Å²) in [5, 5.41) is 2.91. The van der Waals surface area contributed by atoms with Gasteiger partial charge in [0.2, 0.25) is 5.91 Å². The minimum Gasteiger partial charge on any atom is -0.372 e. The number of hydrogen-bond donors (Lipinski definition) is 1. The monoisotopic (exact) mass is 220 g/mol. The van der Waals surface area contributed by atoms with E-state index < -0.39 is 0 Å². The summed E-state index contributed by atoms with van der Waals surface area (Å²) in [6, 6.07) is 0. The highest BCUT2D eigenvalue weighted by molar-refractivity contribution is 5.78. The summed E-state index contributed by atoms with van der Waals surface area (Å²) in [7, 11) is 1.80. The Kier molecular flexibility index (Phi) is 3.03. The second-order valence-electron chi connectivity index (χ2n) is 4.23. The molecule has 1 N–H and O–H groups in total. The molecule has 0 aliphatic carbocycles. The molecule has 5 heteroatoms. The number of carbonyl (C=O) groups excluding carboxylic acids is 1. The molecule has 1 fully saturated rings. The number of likely N-dealkylation sites (tertiary alicyclic amines) is 1. The summed E-state index contributed by atoms with van der Waals surface area (Å²) in [6.07, 6.45) is 4.05. The predicted octanol–water partition coefficient (Wildman–Crippen LogP) is 0.887. The molecule has 0 saturated carbocycles. The van der Waals surface area contributed by atoms with Gasteiger partial charge >= 0.3 is 0 Å². The van der Waals surface area contributed by atoms with Gasteiger partial charge in [0.1, 0.15) is 5.82 Å². The van der Waals surface area contributed by atoms with Crippen LogP contribution in [0.5, 0.6) is 0 Å². The van der Waals surface area contributed by atoms with Crippen molar-refractivity contribution >= 4 is 11.7 Å². The molecule has 0 spiro atoms. The zero-order valence-electron chi connectivity index (χ0n) is 9.60. The normalized spacial score (nSPS) is 20.2. The van der Waals surface area contributed by atoms with Crippen molar-refractivity contribution in [2.24, 2.45) is 5.92 Å². The summed E-state index contributed by atoms with van der Waals surface area (Å²) >= 11 is 0. The molecule has 1 aliphatic heterocycles. The minimum absolute atomic E-state index is 0.215. The van der Waals surface area contributed by atoms with E-state index in [1.165, 1.54) is 0 Å². The van der Waals surface area contributed by atoms with Crippen molar-refractivity contribution < 1.29 is 4.79 Å². The van der Waals surface area contributed by atoms with Crippen molar-refractivity contribution in [1.82, 2.24) is 14.9 Å². The third-order valence-corrected chi connectivity index (χ3v) is 2.72. The maximum absolute atomic E-state index is 11.6. The highest BCUT2D eigenvalue weighted by Crippen LogP contribution is 2.18. The van der Waals surface area contributed by atoms with Crippen molar-refractivity contribution in [3.05, 3.63) is 18.1 Å². The topological polar surface area (TPSA) is 58.1 Å². The fourth-order valence-corrected chi connectivity index (χ4v) is 1.88. The molecule has 86 valence electrons. The van der Waals surface area contributed by atoms with Crippen LogP contribution in [0.2, 0.25) is 0 Å². The van der Waals surface area contributed by atoms with Gasteiger partial charge in [-0.25, -0.2) is 4.98 Å². The Hall–Kier alpha value is -1.65. The van der Waals surface area contributed by atoms with Crippen LogP contribution in [0.25, 0.3) is 0 Å². The number of nitrogens with one attached hydrogen (secondary N) is 1. The van der Waals surface area contributed by atoms with E-state index >= 15 is 0 Å². The number of aromatic nitrogens is 2. The van der Waals surface area contributed by atoms with Crippen molar-refractivity contribution in [2.45, 2.75) is 19.9 Å². The molecule has 1 unspecified atom stereocenters. The summed E-state index contributed by atoms with van der Waals surface area (Å²) < 4.78 is 0. The standard InChI is InChI=1S/C11H16N4O/c1-8-3-11(16)15(6-8)7-9-4-14-10(12-2)5-13-9/h4-5,8H,3,6-7H2,1-2H3,(H,12,14). The molecule has 0 bridgehead atoms. The van der Waals surface area contributed by atoms with Crippen molar-refractivity contribution in [3.8, 4) is 0 Å². The zero-order valence-corrected chi connectivity index (χ0v) is 9.60. The zero-order chi connectivity index (χ0) is 11.5. The molecule has 2 rings (SSSR count). The predicted molar refractivity (Wildman–Crippen MR) is 60.8 cm³/mol. The molecule has 1 aromatic rings. The quantitative estimate of drug-likeness (QED) is 0.821. The largest absolute Gasteiger partial charge is 0.372 e. The van der Waals surface area contributed by atoms with E-state index in [2.05, 4.69) is 22.2 Å². The second kappa shape index (κ2) is 4.47. The maximum atomic E-state index is 11.6. The maximum Gasteiger partial charge on any atom is 0.223 e. The van der Waals surface area contributed by atoms with E-state index in [1.54, 1.807) is 19.4 Å². The first-order valence-corrected chi connectivity index (χ1v) is 5.45. The number of amides is 1. The lowest BCUT2D eigenvalue weighted by atomic mass is 10.2. The smallest absolute Gasteiger partial charge is 0.223 e. The van der Waals surface area contributed by atoms with Gasteiger partial charge in [0.15, 0.2) is 0 Å². The van der Waals surface area contributed by atoms with Crippen LogP contribution in [-0.4, -0.2) is 34.4 Å². The first-order valence-electron chi connectivity index (χ1n) is 5.45. The Morgan fingerprint density at radius 3 is 2.81 bits per heavy atom. The first kappa shape index (κ1) is 10.9. The number of hydrogen-bond acceptors (Lipinski definition) is 4. The van der Waals surface area contributed by atoms with Gasteiger partial charge < -0.3 is 10.2 Å². The molecular formula is C11H16N4O. The van der Waals surface area contributed by atoms with Gasteiger partial charge in [0.25, 0.3) is 0 Å². The van der Waals surface area contributed by atoms with Crippen LogP contribution in [0, 0.1) is 5.92 Å². The number of nitrogens with zero attached hydrogens (tertiary/aromatic N) is 3. The fraction of sp³-hybridized carbons (Fsp3) is 0.545. The Bertz CT molecular complexity index is 376.